The molecule has 2 rings (SSSR count). The summed E-state index contributed by atoms with van der Waals surface area (Å²) < 4.78 is 13.9. The Morgan fingerprint density at radius 3 is 2.40 bits per heavy atom. The van der Waals surface area contributed by atoms with Crippen LogP contribution in [0.25, 0.3) is 0 Å². The molecule has 0 aromatic heterocycles. The SMILES string of the molecule is C=NOC(=O)NCc1ccc(NC(=O)CCc2ccc(F)c(C(=O)N(C)C)c2)cc1. The van der Waals surface area contributed by atoms with E-state index in [9.17, 15) is 18.8 Å². The first-order chi connectivity index (χ1) is 14.3. The number of carbonyl (C=O) groups excluding carboxylic acids is 3. The molecule has 3 amide bonds. The zero-order valence-corrected chi connectivity index (χ0v) is 16.8. The number of oxime groups is 1. The molecule has 8 nitrogen and oxygen atoms in total. The Bertz CT molecular complexity index is 929. The maximum absolute atomic E-state index is 13.9. The zero-order valence-electron chi connectivity index (χ0n) is 16.8. The van der Waals surface area contributed by atoms with Crippen LogP contribution in [0.5, 0.6) is 0 Å². The van der Waals surface area contributed by atoms with Crippen LogP contribution in [0.4, 0.5) is 14.9 Å². The Kier molecular flexibility index (Phi) is 8.04. The van der Waals surface area contributed by atoms with Gasteiger partial charge in [-0.3, -0.25) is 14.4 Å². The summed E-state index contributed by atoms with van der Waals surface area (Å²) in [4.78, 5) is 41.0. The minimum Gasteiger partial charge on any atom is -0.345 e. The van der Waals surface area contributed by atoms with Gasteiger partial charge in [-0.15, -0.1) is 0 Å². The number of nitrogens with zero attached hydrogens (tertiary/aromatic N) is 2. The lowest BCUT2D eigenvalue weighted by atomic mass is 10.0. The molecule has 0 fully saturated rings. The molecule has 0 aliphatic heterocycles. The quantitative estimate of drug-likeness (QED) is 0.394. The van der Waals surface area contributed by atoms with Gasteiger partial charge in [-0.05, 0) is 41.8 Å². The highest BCUT2D eigenvalue weighted by atomic mass is 19.1. The van der Waals surface area contributed by atoms with Crippen LogP contribution in [-0.2, 0) is 22.6 Å². The van der Waals surface area contributed by atoms with E-state index >= 15 is 0 Å². The smallest absolute Gasteiger partial charge is 0.345 e. The van der Waals surface area contributed by atoms with Gasteiger partial charge in [0.25, 0.3) is 5.91 Å². The van der Waals surface area contributed by atoms with E-state index in [0.29, 0.717) is 17.7 Å². The van der Waals surface area contributed by atoms with E-state index < -0.39 is 17.8 Å². The number of anilines is 1. The third-order valence-electron chi connectivity index (χ3n) is 4.13. The molecule has 0 bridgehead atoms. The summed E-state index contributed by atoms with van der Waals surface area (Å²) in [6.45, 7) is 3.28. The van der Waals surface area contributed by atoms with E-state index in [-0.39, 0.29) is 24.4 Å². The Labute approximate surface area is 173 Å². The zero-order chi connectivity index (χ0) is 22.1. The summed E-state index contributed by atoms with van der Waals surface area (Å²) >= 11 is 0. The monoisotopic (exact) mass is 414 g/mol. The molecule has 0 radical (unpaired) electrons. The molecule has 0 aliphatic rings. The minimum atomic E-state index is -0.710. The molecule has 0 atom stereocenters. The first kappa shape index (κ1) is 22.5. The number of benzene rings is 2. The standard InChI is InChI=1S/C21H23FN4O4/c1-23-30-21(29)24-13-15-4-8-16(9-5-15)25-19(27)11-7-14-6-10-18(22)17(12-14)20(28)26(2)3/h4-6,8-10,12H,1,7,11,13H2,2-3H3,(H,24,29)(H,25,27). The molecule has 0 saturated carbocycles. The van der Waals surface area contributed by atoms with Crippen LogP contribution in [0.15, 0.2) is 47.6 Å². The van der Waals surface area contributed by atoms with Gasteiger partial charge in [0.05, 0.1) is 5.56 Å². The van der Waals surface area contributed by atoms with E-state index in [1.165, 1.54) is 17.0 Å². The van der Waals surface area contributed by atoms with Crippen molar-refractivity contribution >= 4 is 30.3 Å². The third-order valence-corrected chi connectivity index (χ3v) is 4.13. The minimum absolute atomic E-state index is 0.0186. The average Bonchev–Trinajstić information content (AvgIpc) is 2.72. The van der Waals surface area contributed by atoms with Crippen LogP contribution >= 0.6 is 0 Å². The molecule has 0 unspecified atom stereocenters. The van der Waals surface area contributed by atoms with Gasteiger partial charge in [0.2, 0.25) is 5.91 Å². The first-order valence-electron chi connectivity index (χ1n) is 9.10. The number of carbonyl (C=O) groups is 3. The summed E-state index contributed by atoms with van der Waals surface area (Å²) in [5, 5.41) is 8.27. The second kappa shape index (κ2) is 10.7. The molecule has 2 aromatic rings. The van der Waals surface area contributed by atoms with Gasteiger partial charge in [0, 0.05) is 39.5 Å². The van der Waals surface area contributed by atoms with Crippen molar-refractivity contribution in [3.8, 4) is 0 Å². The predicted molar refractivity (Wildman–Crippen MR) is 111 cm³/mol. The second-order valence-corrected chi connectivity index (χ2v) is 6.62. The van der Waals surface area contributed by atoms with E-state index in [2.05, 4.69) is 27.3 Å². The Hall–Kier alpha value is -3.75. The van der Waals surface area contributed by atoms with Crippen LogP contribution < -0.4 is 10.6 Å². The number of aryl methyl sites for hydroxylation is 1. The predicted octanol–water partition coefficient (Wildman–Crippen LogP) is 2.94. The van der Waals surface area contributed by atoms with Crippen molar-refractivity contribution in [2.24, 2.45) is 5.16 Å². The molecule has 2 N–H and O–H groups in total. The first-order valence-corrected chi connectivity index (χ1v) is 9.10. The molecule has 0 heterocycles. The van der Waals surface area contributed by atoms with Crippen LogP contribution in [0.1, 0.15) is 27.9 Å². The highest BCUT2D eigenvalue weighted by molar-refractivity contribution is 5.94. The van der Waals surface area contributed by atoms with E-state index in [4.69, 9.17) is 0 Å². The van der Waals surface area contributed by atoms with Gasteiger partial charge in [-0.1, -0.05) is 23.4 Å². The fourth-order valence-electron chi connectivity index (χ4n) is 2.59. The van der Waals surface area contributed by atoms with Crippen molar-refractivity contribution in [1.29, 1.82) is 0 Å². The lowest BCUT2D eigenvalue weighted by molar-refractivity contribution is -0.116. The van der Waals surface area contributed by atoms with Crippen LogP contribution in [0, 0.1) is 5.82 Å². The number of halogens is 1. The molecule has 0 saturated heterocycles. The number of nitrogens with one attached hydrogen (secondary N) is 2. The van der Waals surface area contributed by atoms with E-state index in [0.717, 1.165) is 5.56 Å². The summed E-state index contributed by atoms with van der Waals surface area (Å²) in [5.41, 5.74) is 2.08. The summed E-state index contributed by atoms with van der Waals surface area (Å²) in [6, 6.07) is 11.2. The normalized spacial score (nSPS) is 10.1. The summed E-state index contributed by atoms with van der Waals surface area (Å²) in [6.07, 6.45) is -0.176. The molecule has 2 aromatic carbocycles. The molecular formula is C21H23FN4O4. The van der Waals surface area contributed by atoms with Gasteiger partial charge < -0.3 is 15.5 Å². The van der Waals surface area contributed by atoms with Crippen molar-refractivity contribution in [2.75, 3.05) is 19.4 Å². The molecule has 30 heavy (non-hydrogen) atoms. The maximum atomic E-state index is 13.9. The van der Waals surface area contributed by atoms with Crippen LogP contribution in [0.2, 0.25) is 0 Å². The summed E-state index contributed by atoms with van der Waals surface area (Å²) in [7, 11) is 3.10. The fourth-order valence-corrected chi connectivity index (χ4v) is 2.59. The van der Waals surface area contributed by atoms with Crippen molar-refractivity contribution in [3.05, 3.63) is 65.0 Å². The van der Waals surface area contributed by atoms with E-state index in [1.54, 1.807) is 44.4 Å². The van der Waals surface area contributed by atoms with Gasteiger partial charge in [-0.2, -0.15) is 0 Å². The maximum Gasteiger partial charge on any atom is 0.433 e. The van der Waals surface area contributed by atoms with E-state index in [1.807, 2.05) is 0 Å². The van der Waals surface area contributed by atoms with Crippen molar-refractivity contribution in [2.45, 2.75) is 19.4 Å². The largest absolute Gasteiger partial charge is 0.433 e. The van der Waals surface area contributed by atoms with Gasteiger partial charge >= 0.3 is 6.09 Å². The summed E-state index contributed by atoms with van der Waals surface area (Å²) in [5.74, 6) is -1.24. The number of hydrogen-bond donors (Lipinski definition) is 2. The van der Waals surface area contributed by atoms with Crippen LogP contribution in [0.3, 0.4) is 0 Å². The van der Waals surface area contributed by atoms with Crippen LogP contribution in [-0.4, -0.2) is 43.6 Å². The number of rotatable bonds is 8. The highest BCUT2D eigenvalue weighted by Crippen LogP contribution is 2.15. The lowest BCUT2D eigenvalue weighted by Crippen LogP contribution is -2.23. The molecular weight excluding hydrogens is 391 g/mol. The van der Waals surface area contributed by atoms with Gasteiger partial charge in [0.1, 0.15) is 5.82 Å². The van der Waals surface area contributed by atoms with Crippen molar-refractivity contribution in [3.63, 3.8) is 0 Å². The average molecular weight is 414 g/mol. The topological polar surface area (TPSA) is 100 Å². The van der Waals surface area contributed by atoms with Gasteiger partial charge in [-0.25, -0.2) is 9.18 Å². The lowest BCUT2D eigenvalue weighted by Gasteiger charge is -2.12. The molecule has 0 aliphatic carbocycles. The second-order valence-electron chi connectivity index (χ2n) is 6.62. The third kappa shape index (κ3) is 6.69. The Balaban J connectivity index is 1.87. The van der Waals surface area contributed by atoms with Crippen molar-refractivity contribution in [1.82, 2.24) is 10.2 Å². The van der Waals surface area contributed by atoms with Gasteiger partial charge in [0.15, 0.2) is 0 Å². The number of amides is 3. The van der Waals surface area contributed by atoms with Crippen molar-refractivity contribution < 1.29 is 23.6 Å². The fraction of sp³-hybridized carbons (Fsp3) is 0.238. The molecule has 9 heteroatoms. The number of hydrogen-bond acceptors (Lipinski definition) is 5. The Morgan fingerprint density at radius 1 is 1.10 bits per heavy atom. The Morgan fingerprint density at radius 2 is 1.77 bits per heavy atom. The molecule has 0 spiro atoms. The highest BCUT2D eigenvalue weighted by Gasteiger charge is 2.14. The molecule has 158 valence electrons.